The molecule has 0 unspecified atom stereocenters. The smallest absolute Gasteiger partial charge is 0.225 e. The molecule has 0 saturated heterocycles. The van der Waals surface area contributed by atoms with Crippen molar-refractivity contribution in [2.75, 3.05) is 0 Å². The molecule has 24 heavy (non-hydrogen) atoms. The summed E-state index contributed by atoms with van der Waals surface area (Å²) in [5.41, 5.74) is 4.05. The fourth-order valence-electron chi connectivity index (χ4n) is 3.04. The zero-order valence-electron chi connectivity index (χ0n) is 13.5. The van der Waals surface area contributed by atoms with E-state index in [2.05, 4.69) is 15.3 Å². The zero-order chi connectivity index (χ0) is 16.7. The van der Waals surface area contributed by atoms with E-state index >= 15 is 0 Å². The van der Waals surface area contributed by atoms with E-state index in [0.717, 1.165) is 32.8 Å². The average Bonchev–Trinajstić information content (AvgIpc) is 3.21. The highest BCUT2D eigenvalue weighted by Gasteiger charge is 2.16. The molecule has 1 atom stereocenters. The number of aromatic amines is 1. The van der Waals surface area contributed by atoms with Gasteiger partial charge in [0.2, 0.25) is 5.91 Å². The molecule has 1 amide bonds. The molecule has 4 aromatic rings. The molecule has 0 saturated carbocycles. The maximum atomic E-state index is 12.5. The molecule has 0 spiro atoms. The molecule has 0 radical (unpaired) electrons. The molecule has 0 aliphatic carbocycles. The predicted octanol–water partition coefficient (Wildman–Crippen LogP) is 3.61. The molecule has 3 heterocycles. The molecule has 0 aliphatic rings. The van der Waals surface area contributed by atoms with Crippen LogP contribution in [0.1, 0.15) is 29.9 Å². The average molecular weight is 338 g/mol. The van der Waals surface area contributed by atoms with Crippen LogP contribution in [0.25, 0.3) is 15.9 Å². The first-order chi connectivity index (χ1) is 11.6. The van der Waals surface area contributed by atoms with Crippen LogP contribution in [0.2, 0.25) is 0 Å². The van der Waals surface area contributed by atoms with E-state index in [-0.39, 0.29) is 11.9 Å². The number of carbonyl (C=O) groups is 1. The summed E-state index contributed by atoms with van der Waals surface area (Å²) in [6, 6.07) is 7.96. The van der Waals surface area contributed by atoms with E-state index in [1.54, 1.807) is 11.3 Å². The van der Waals surface area contributed by atoms with Crippen molar-refractivity contribution in [1.82, 2.24) is 19.7 Å². The number of hydrogen-bond donors (Lipinski definition) is 2. The van der Waals surface area contributed by atoms with Crippen molar-refractivity contribution in [2.24, 2.45) is 0 Å². The number of aryl methyl sites for hydroxylation is 1. The van der Waals surface area contributed by atoms with Crippen molar-refractivity contribution in [3.8, 4) is 0 Å². The lowest BCUT2D eigenvalue weighted by molar-refractivity contribution is -0.121. The van der Waals surface area contributed by atoms with Gasteiger partial charge in [-0.25, -0.2) is 4.98 Å². The summed E-state index contributed by atoms with van der Waals surface area (Å²) < 4.78 is 1.98. The van der Waals surface area contributed by atoms with E-state index in [1.807, 2.05) is 60.3 Å². The molecule has 5 nitrogen and oxygen atoms in total. The second kappa shape index (κ2) is 5.79. The number of benzene rings is 1. The van der Waals surface area contributed by atoms with Crippen molar-refractivity contribution in [3.63, 3.8) is 0 Å². The van der Waals surface area contributed by atoms with E-state index in [0.29, 0.717) is 6.42 Å². The maximum Gasteiger partial charge on any atom is 0.225 e. The topological polar surface area (TPSA) is 62.2 Å². The van der Waals surface area contributed by atoms with Gasteiger partial charge in [0.25, 0.3) is 0 Å². The van der Waals surface area contributed by atoms with Gasteiger partial charge in [0, 0.05) is 34.4 Å². The van der Waals surface area contributed by atoms with E-state index in [9.17, 15) is 4.79 Å². The van der Waals surface area contributed by atoms with Crippen molar-refractivity contribution in [2.45, 2.75) is 26.3 Å². The van der Waals surface area contributed by atoms with Gasteiger partial charge in [0.15, 0.2) is 4.96 Å². The number of imidazole rings is 1. The lowest BCUT2D eigenvalue weighted by atomic mass is 10.1. The summed E-state index contributed by atoms with van der Waals surface area (Å²) in [4.78, 5) is 21.3. The molecular weight excluding hydrogens is 320 g/mol. The Balaban J connectivity index is 1.51. The number of amides is 1. The quantitative estimate of drug-likeness (QED) is 0.597. The number of nitrogens with one attached hydrogen (secondary N) is 2. The van der Waals surface area contributed by atoms with Gasteiger partial charge in [-0.05, 0) is 25.5 Å². The van der Waals surface area contributed by atoms with Gasteiger partial charge in [-0.1, -0.05) is 18.2 Å². The number of aromatic nitrogens is 3. The van der Waals surface area contributed by atoms with Crippen LogP contribution in [0.5, 0.6) is 0 Å². The van der Waals surface area contributed by atoms with Crippen LogP contribution >= 0.6 is 11.3 Å². The van der Waals surface area contributed by atoms with Gasteiger partial charge in [-0.15, -0.1) is 11.3 Å². The van der Waals surface area contributed by atoms with Gasteiger partial charge < -0.3 is 10.3 Å². The van der Waals surface area contributed by atoms with Crippen molar-refractivity contribution in [1.29, 1.82) is 0 Å². The molecule has 122 valence electrons. The number of carbonyl (C=O) groups excluding carboxylic acids is 1. The van der Waals surface area contributed by atoms with Gasteiger partial charge in [0.05, 0.1) is 18.2 Å². The molecule has 3 aromatic heterocycles. The number of nitrogens with zero attached hydrogens (tertiary/aromatic N) is 2. The minimum absolute atomic E-state index is 0.00621. The molecule has 4 rings (SSSR count). The van der Waals surface area contributed by atoms with Crippen molar-refractivity contribution >= 4 is 33.1 Å². The summed E-state index contributed by atoms with van der Waals surface area (Å²) >= 11 is 1.59. The van der Waals surface area contributed by atoms with Crippen LogP contribution in [-0.2, 0) is 11.2 Å². The number of para-hydroxylation sites is 1. The van der Waals surface area contributed by atoms with Crippen molar-refractivity contribution < 1.29 is 4.79 Å². The number of H-pyrrole nitrogens is 1. The van der Waals surface area contributed by atoms with Crippen LogP contribution in [0.3, 0.4) is 0 Å². The monoisotopic (exact) mass is 338 g/mol. The maximum absolute atomic E-state index is 12.5. The SMILES string of the molecule is Cc1[nH]c2ccccc2c1CC(=O)N[C@H](C)c1cn2ccsc2n1. The third kappa shape index (κ3) is 2.59. The summed E-state index contributed by atoms with van der Waals surface area (Å²) in [6.07, 6.45) is 4.30. The Bertz CT molecular complexity index is 998. The number of hydrogen-bond acceptors (Lipinski definition) is 3. The van der Waals surface area contributed by atoms with Crippen LogP contribution in [-0.4, -0.2) is 20.3 Å². The largest absolute Gasteiger partial charge is 0.358 e. The minimum atomic E-state index is -0.116. The lowest BCUT2D eigenvalue weighted by Crippen LogP contribution is -2.28. The van der Waals surface area contributed by atoms with Gasteiger partial charge in [-0.3, -0.25) is 9.20 Å². The van der Waals surface area contributed by atoms with Crippen molar-refractivity contribution in [3.05, 3.63) is 59.0 Å². The first kappa shape index (κ1) is 15.0. The fourth-order valence-corrected chi connectivity index (χ4v) is 3.75. The second-order valence-corrected chi connectivity index (χ2v) is 6.87. The summed E-state index contributed by atoms with van der Waals surface area (Å²) in [5.74, 6) is 0.00621. The van der Waals surface area contributed by atoms with Gasteiger partial charge in [-0.2, -0.15) is 0 Å². The third-order valence-corrected chi connectivity index (χ3v) is 5.07. The second-order valence-electron chi connectivity index (χ2n) is 6.00. The zero-order valence-corrected chi connectivity index (χ0v) is 14.4. The summed E-state index contributed by atoms with van der Waals surface area (Å²) in [6.45, 7) is 3.97. The third-order valence-electron chi connectivity index (χ3n) is 4.30. The van der Waals surface area contributed by atoms with Crippen LogP contribution < -0.4 is 5.32 Å². The minimum Gasteiger partial charge on any atom is -0.358 e. The standard InChI is InChI=1S/C18H18N4OS/c1-11-14(13-5-3-4-6-15(13)19-11)9-17(23)20-12(2)16-10-22-7-8-24-18(22)21-16/h3-8,10,12,19H,9H2,1-2H3,(H,20,23)/t12-/m1/s1. The van der Waals surface area contributed by atoms with Gasteiger partial charge in [0.1, 0.15) is 0 Å². The Morgan fingerprint density at radius 1 is 1.42 bits per heavy atom. The molecule has 0 bridgehead atoms. The number of fused-ring (bicyclic) bond motifs is 2. The van der Waals surface area contributed by atoms with Crippen LogP contribution in [0.15, 0.2) is 42.0 Å². The van der Waals surface area contributed by atoms with Crippen LogP contribution in [0, 0.1) is 6.92 Å². The van der Waals surface area contributed by atoms with E-state index < -0.39 is 0 Å². The lowest BCUT2D eigenvalue weighted by Gasteiger charge is -2.11. The molecule has 0 aliphatic heterocycles. The van der Waals surface area contributed by atoms with Gasteiger partial charge >= 0.3 is 0 Å². The summed E-state index contributed by atoms with van der Waals surface area (Å²) in [7, 11) is 0. The number of thiazole rings is 1. The highest BCUT2D eigenvalue weighted by molar-refractivity contribution is 7.15. The molecular formula is C18H18N4OS. The predicted molar refractivity (Wildman–Crippen MR) is 96.4 cm³/mol. The Hall–Kier alpha value is -2.60. The first-order valence-corrected chi connectivity index (χ1v) is 8.77. The molecule has 6 heteroatoms. The Morgan fingerprint density at radius 3 is 3.08 bits per heavy atom. The highest BCUT2D eigenvalue weighted by atomic mass is 32.1. The van der Waals surface area contributed by atoms with E-state index in [4.69, 9.17) is 0 Å². The number of rotatable bonds is 4. The normalized spacial score (nSPS) is 12.8. The molecule has 2 N–H and O–H groups in total. The van der Waals surface area contributed by atoms with E-state index in [1.165, 1.54) is 0 Å². The Labute approximate surface area is 143 Å². The Morgan fingerprint density at radius 2 is 2.25 bits per heavy atom. The Kier molecular flexibility index (Phi) is 3.61. The fraction of sp³-hybridized carbons (Fsp3) is 0.222. The van der Waals surface area contributed by atoms with Crippen LogP contribution in [0.4, 0.5) is 0 Å². The molecule has 1 aromatic carbocycles. The molecule has 0 fully saturated rings. The first-order valence-electron chi connectivity index (χ1n) is 7.89. The highest BCUT2D eigenvalue weighted by Crippen LogP contribution is 2.23. The summed E-state index contributed by atoms with van der Waals surface area (Å²) in [5, 5.41) is 6.16.